The second-order valence-electron chi connectivity index (χ2n) is 7.55. The minimum absolute atomic E-state index is 0. The average Bonchev–Trinajstić information content (AvgIpc) is 2.69. The van der Waals surface area contributed by atoms with E-state index in [0.29, 0.717) is 13.2 Å². The lowest BCUT2D eigenvalue weighted by atomic mass is 9.84. The highest BCUT2D eigenvalue weighted by molar-refractivity contribution is 14.0. The normalized spacial score (nSPS) is 17.5. The van der Waals surface area contributed by atoms with Gasteiger partial charge in [0, 0.05) is 32.1 Å². The molecule has 158 valence electrons. The van der Waals surface area contributed by atoms with Crippen molar-refractivity contribution in [3.63, 3.8) is 0 Å². The number of nitrogens with one attached hydrogen (secondary N) is 1. The van der Waals surface area contributed by atoms with Crippen molar-refractivity contribution in [2.45, 2.75) is 39.0 Å². The second kappa shape index (κ2) is 11.5. The van der Waals surface area contributed by atoms with Crippen LogP contribution in [0.15, 0.2) is 29.3 Å². The van der Waals surface area contributed by atoms with Crippen molar-refractivity contribution in [3.05, 3.63) is 29.8 Å². The van der Waals surface area contributed by atoms with E-state index in [1.54, 1.807) is 14.2 Å². The number of likely N-dealkylation sites (tertiary alicyclic amines) is 1. The molecule has 1 heterocycles. The molecule has 7 heteroatoms. The number of esters is 1. The van der Waals surface area contributed by atoms with Crippen LogP contribution in [0.3, 0.4) is 0 Å². The molecule has 0 bridgehead atoms. The first kappa shape index (κ1) is 24.5. The van der Waals surface area contributed by atoms with Gasteiger partial charge in [0.15, 0.2) is 5.96 Å². The van der Waals surface area contributed by atoms with Gasteiger partial charge in [-0.05, 0) is 37.5 Å². The van der Waals surface area contributed by atoms with Crippen LogP contribution in [-0.2, 0) is 14.9 Å². The van der Waals surface area contributed by atoms with E-state index in [1.165, 1.54) is 5.56 Å². The molecular weight excluding hydrogens is 469 g/mol. The van der Waals surface area contributed by atoms with Crippen molar-refractivity contribution < 1.29 is 14.3 Å². The van der Waals surface area contributed by atoms with Crippen molar-refractivity contribution in [1.29, 1.82) is 0 Å². The van der Waals surface area contributed by atoms with E-state index >= 15 is 0 Å². The molecule has 1 N–H and O–H groups in total. The third-order valence-electron chi connectivity index (χ3n) is 5.11. The van der Waals surface area contributed by atoms with Gasteiger partial charge in [0.1, 0.15) is 5.75 Å². The van der Waals surface area contributed by atoms with E-state index in [4.69, 9.17) is 9.47 Å². The van der Waals surface area contributed by atoms with Crippen LogP contribution in [-0.4, -0.2) is 57.2 Å². The third-order valence-corrected chi connectivity index (χ3v) is 5.11. The molecule has 1 saturated heterocycles. The molecule has 0 saturated carbocycles. The van der Waals surface area contributed by atoms with Gasteiger partial charge in [-0.25, -0.2) is 0 Å². The number of methoxy groups -OCH3 is 1. The number of halogens is 1. The summed E-state index contributed by atoms with van der Waals surface area (Å²) in [6.07, 6.45) is 1.84. The maximum absolute atomic E-state index is 12.1. The van der Waals surface area contributed by atoms with E-state index in [1.807, 2.05) is 19.1 Å². The van der Waals surface area contributed by atoms with Crippen molar-refractivity contribution in [1.82, 2.24) is 10.2 Å². The van der Waals surface area contributed by atoms with Crippen molar-refractivity contribution >= 4 is 35.9 Å². The lowest BCUT2D eigenvalue weighted by molar-refractivity contribution is -0.149. The summed E-state index contributed by atoms with van der Waals surface area (Å²) in [7, 11) is 3.46. The first-order chi connectivity index (χ1) is 12.9. The Morgan fingerprint density at radius 1 is 1.32 bits per heavy atom. The summed E-state index contributed by atoms with van der Waals surface area (Å²) in [5.74, 6) is 1.52. The van der Waals surface area contributed by atoms with Gasteiger partial charge in [-0.3, -0.25) is 9.79 Å². The first-order valence-corrected chi connectivity index (χ1v) is 9.68. The van der Waals surface area contributed by atoms with E-state index in [9.17, 15) is 4.79 Å². The lowest BCUT2D eigenvalue weighted by Crippen LogP contribution is -2.50. The number of hydrogen-bond donors (Lipinski definition) is 1. The maximum Gasteiger partial charge on any atom is 0.310 e. The summed E-state index contributed by atoms with van der Waals surface area (Å²) in [4.78, 5) is 18.7. The summed E-state index contributed by atoms with van der Waals surface area (Å²) >= 11 is 0. The molecule has 28 heavy (non-hydrogen) atoms. The summed E-state index contributed by atoms with van der Waals surface area (Å²) in [5, 5.41) is 3.49. The molecule has 0 radical (unpaired) electrons. The quantitative estimate of drug-likeness (QED) is 0.279. The maximum atomic E-state index is 12.1. The topological polar surface area (TPSA) is 63.2 Å². The van der Waals surface area contributed by atoms with Gasteiger partial charge in [0.25, 0.3) is 0 Å². The SMILES string of the molecule is CCOC(=O)C1CCCN(C(=NC)NCC(C)(C)c2ccc(OC)cc2)C1.I. The van der Waals surface area contributed by atoms with Crippen molar-refractivity contribution in [2.24, 2.45) is 10.9 Å². The molecule has 1 aliphatic rings. The van der Waals surface area contributed by atoms with Gasteiger partial charge in [-0.15, -0.1) is 24.0 Å². The molecule has 1 fully saturated rings. The monoisotopic (exact) mass is 503 g/mol. The molecule has 1 aromatic rings. The Balaban J connectivity index is 0.00000392. The minimum Gasteiger partial charge on any atom is -0.497 e. The number of carbonyl (C=O) groups is 1. The fourth-order valence-electron chi connectivity index (χ4n) is 3.40. The average molecular weight is 503 g/mol. The van der Waals surface area contributed by atoms with Crippen LogP contribution in [0.4, 0.5) is 0 Å². The largest absolute Gasteiger partial charge is 0.497 e. The number of piperidine rings is 1. The Bertz CT molecular complexity index is 647. The molecule has 0 amide bonds. The minimum atomic E-state index is -0.101. The van der Waals surface area contributed by atoms with E-state index in [2.05, 4.69) is 41.2 Å². The molecular formula is C21H34IN3O3. The van der Waals surface area contributed by atoms with Gasteiger partial charge in [0.05, 0.1) is 19.6 Å². The number of ether oxygens (including phenoxy) is 2. The van der Waals surface area contributed by atoms with Gasteiger partial charge in [-0.2, -0.15) is 0 Å². The number of rotatable bonds is 6. The Kier molecular flexibility index (Phi) is 10.1. The van der Waals surface area contributed by atoms with E-state index in [-0.39, 0.29) is 41.3 Å². The zero-order chi connectivity index (χ0) is 19.9. The predicted octanol–water partition coefficient (Wildman–Crippen LogP) is 3.44. The second-order valence-corrected chi connectivity index (χ2v) is 7.55. The fourth-order valence-corrected chi connectivity index (χ4v) is 3.40. The Hall–Kier alpha value is -1.51. The number of hydrogen-bond acceptors (Lipinski definition) is 4. The standard InChI is InChI=1S/C21H33N3O3.HI/c1-6-27-19(25)16-8-7-13-24(14-16)20(22-4)23-15-21(2,3)17-9-11-18(26-5)12-10-17;/h9-12,16H,6-8,13-15H2,1-5H3,(H,22,23);1H. The highest BCUT2D eigenvalue weighted by atomic mass is 127. The molecule has 0 aromatic heterocycles. The van der Waals surface area contributed by atoms with Crippen LogP contribution in [0.2, 0.25) is 0 Å². The Labute approximate surface area is 186 Å². The molecule has 2 rings (SSSR count). The molecule has 1 aromatic carbocycles. The van der Waals surface area contributed by atoms with Crippen LogP contribution >= 0.6 is 24.0 Å². The Morgan fingerprint density at radius 3 is 2.57 bits per heavy atom. The van der Waals surface area contributed by atoms with E-state index < -0.39 is 0 Å². The van der Waals surface area contributed by atoms with Crippen LogP contribution in [0.25, 0.3) is 0 Å². The third kappa shape index (κ3) is 6.53. The predicted molar refractivity (Wildman–Crippen MR) is 124 cm³/mol. The summed E-state index contributed by atoms with van der Waals surface area (Å²) in [6.45, 7) is 8.98. The van der Waals surface area contributed by atoms with Crippen LogP contribution in [0.5, 0.6) is 5.75 Å². The van der Waals surface area contributed by atoms with Gasteiger partial charge in [-0.1, -0.05) is 26.0 Å². The van der Waals surface area contributed by atoms with Crippen LogP contribution in [0.1, 0.15) is 39.2 Å². The first-order valence-electron chi connectivity index (χ1n) is 9.68. The lowest BCUT2D eigenvalue weighted by Gasteiger charge is -2.35. The molecule has 0 aliphatic carbocycles. The summed E-state index contributed by atoms with van der Waals surface area (Å²) in [6, 6.07) is 8.17. The molecule has 1 unspecified atom stereocenters. The Morgan fingerprint density at radius 2 is 2.00 bits per heavy atom. The number of carbonyl (C=O) groups excluding carboxylic acids is 1. The number of benzene rings is 1. The number of nitrogens with zero attached hydrogens (tertiary/aromatic N) is 2. The zero-order valence-electron chi connectivity index (χ0n) is 17.7. The van der Waals surface area contributed by atoms with Gasteiger partial charge >= 0.3 is 5.97 Å². The fraction of sp³-hybridized carbons (Fsp3) is 0.619. The summed E-state index contributed by atoms with van der Waals surface area (Å²) in [5.41, 5.74) is 1.16. The molecule has 6 nitrogen and oxygen atoms in total. The zero-order valence-corrected chi connectivity index (χ0v) is 20.0. The molecule has 1 atom stereocenters. The highest BCUT2D eigenvalue weighted by Gasteiger charge is 2.29. The van der Waals surface area contributed by atoms with Crippen LogP contribution in [0, 0.1) is 5.92 Å². The van der Waals surface area contributed by atoms with Gasteiger partial charge in [0.2, 0.25) is 0 Å². The molecule has 0 spiro atoms. The van der Waals surface area contributed by atoms with Gasteiger partial charge < -0.3 is 19.7 Å². The number of aliphatic imine (C=N–C) groups is 1. The van der Waals surface area contributed by atoms with Crippen molar-refractivity contribution in [3.8, 4) is 5.75 Å². The van der Waals surface area contributed by atoms with E-state index in [0.717, 1.165) is 37.6 Å². The smallest absolute Gasteiger partial charge is 0.310 e. The number of guanidine groups is 1. The summed E-state index contributed by atoms with van der Waals surface area (Å²) < 4.78 is 10.4. The van der Waals surface area contributed by atoms with Crippen molar-refractivity contribution in [2.75, 3.05) is 40.4 Å². The van der Waals surface area contributed by atoms with Crippen LogP contribution < -0.4 is 10.1 Å². The molecule has 1 aliphatic heterocycles. The highest BCUT2D eigenvalue weighted by Crippen LogP contribution is 2.25.